The number of unbranched alkanes of at least 4 members (excludes halogenated alkanes) is 9. The molecule has 0 spiro atoms. The highest BCUT2D eigenvalue weighted by Crippen LogP contribution is 2.09. The third-order valence-corrected chi connectivity index (χ3v) is 3.21. The average Bonchev–Trinajstić information content (AvgIpc) is 2.39. The lowest BCUT2D eigenvalue weighted by Crippen LogP contribution is -1.99. The van der Waals surface area contributed by atoms with Gasteiger partial charge in [0, 0.05) is 6.92 Å². The van der Waals surface area contributed by atoms with Crippen molar-refractivity contribution in [2.24, 2.45) is 0 Å². The number of hydrogen-bond acceptors (Lipinski definition) is 2. The molecule has 0 saturated heterocycles. The quantitative estimate of drug-likeness (QED) is 0.253. The summed E-state index contributed by atoms with van der Waals surface area (Å²) in [4.78, 5) is 10.5. The number of esters is 1. The second kappa shape index (κ2) is 15.3. The Kier molecular flexibility index (Phi) is 14.6. The summed E-state index contributed by atoms with van der Waals surface area (Å²) in [5.74, 6) is -0.160. The van der Waals surface area contributed by atoms with Crippen LogP contribution in [0.5, 0.6) is 0 Å². The molecule has 2 heteroatoms. The maximum Gasteiger partial charge on any atom is 0.302 e. The van der Waals surface area contributed by atoms with Gasteiger partial charge in [-0.25, -0.2) is 0 Å². The molecule has 0 amide bonds. The van der Waals surface area contributed by atoms with Gasteiger partial charge >= 0.3 is 5.97 Å². The molecule has 0 aliphatic heterocycles. The van der Waals surface area contributed by atoms with Gasteiger partial charge in [0.1, 0.15) is 0 Å². The highest BCUT2D eigenvalue weighted by Gasteiger charge is 1.94. The van der Waals surface area contributed by atoms with E-state index in [1.807, 2.05) is 0 Å². The third kappa shape index (κ3) is 17.2. The number of hydrogen-bond donors (Lipinski definition) is 0. The Hall–Kier alpha value is -0.790. The summed E-state index contributed by atoms with van der Waals surface area (Å²) in [7, 11) is 0. The Labute approximate surface area is 119 Å². The van der Waals surface area contributed by atoms with Crippen molar-refractivity contribution in [2.75, 3.05) is 6.61 Å². The Morgan fingerprint density at radius 3 is 1.95 bits per heavy atom. The van der Waals surface area contributed by atoms with Gasteiger partial charge in [0.2, 0.25) is 0 Å². The first-order chi connectivity index (χ1) is 9.27. The van der Waals surface area contributed by atoms with Crippen LogP contribution in [-0.2, 0) is 9.53 Å². The van der Waals surface area contributed by atoms with Gasteiger partial charge in [0.05, 0.1) is 6.61 Å². The van der Waals surface area contributed by atoms with Crippen LogP contribution in [0, 0.1) is 0 Å². The van der Waals surface area contributed by atoms with E-state index in [1.165, 1.54) is 71.1 Å². The van der Waals surface area contributed by atoms with E-state index in [4.69, 9.17) is 4.74 Å². The maximum atomic E-state index is 10.5. The van der Waals surface area contributed by atoms with Crippen LogP contribution in [0.15, 0.2) is 12.2 Å². The lowest BCUT2D eigenvalue weighted by Gasteiger charge is -2.02. The van der Waals surface area contributed by atoms with Gasteiger partial charge in [-0.15, -0.1) is 0 Å². The van der Waals surface area contributed by atoms with Crippen LogP contribution < -0.4 is 0 Å². The molecular formula is C17H32O2. The van der Waals surface area contributed by atoms with Gasteiger partial charge in [-0.05, 0) is 25.7 Å². The SMILES string of the molecule is CCCC/C=C/CCCCCCCCCOC(C)=O. The van der Waals surface area contributed by atoms with Gasteiger partial charge in [-0.2, -0.15) is 0 Å². The molecule has 0 aromatic rings. The minimum Gasteiger partial charge on any atom is -0.466 e. The van der Waals surface area contributed by atoms with Gasteiger partial charge in [0.25, 0.3) is 0 Å². The Morgan fingerprint density at radius 2 is 1.37 bits per heavy atom. The van der Waals surface area contributed by atoms with Crippen LogP contribution in [0.1, 0.15) is 84.5 Å². The molecule has 19 heavy (non-hydrogen) atoms. The number of ether oxygens (including phenoxy) is 1. The van der Waals surface area contributed by atoms with E-state index in [1.54, 1.807) is 0 Å². The normalized spacial score (nSPS) is 11.1. The number of carbonyl (C=O) groups excluding carboxylic acids is 1. The predicted octanol–water partition coefficient (Wildman–Crippen LogP) is 5.42. The first kappa shape index (κ1) is 18.2. The van der Waals surface area contributed by atoms with Crippen LogP contribution in [0.4, 0.5) is 0 Å². The van der Waals surface area contributed by atoms with Crippen molar-refractivity contribution in [3.8, 4) is 0 Å². The fourth-order valence-corrected chi connectivity index (χ4v) is 2.02. The van der Waals surface area contributed by atoms with Crippen molar-refractivity contribution in [1.29, 1.82) is 0 Å². The molecule has 112 valence electrons. The Bertz CT molecular complexity index is 221. The van der Waals surface area contributed by atoms with E-state index in [-0.39, 0.29) is 5.97 Å². The Balaban J connectivity index is 3.02. The molecule has 0 fully saturated rings. The van der Waals surface area contributed by atoms with Crippen LogP contribution in [0.2, 0.25) is 0 Å². The van der Waals surface area contributed by atoms with Crippen molar-refractivity contribution >= 4 is 5.97 Å². The van der Waals surface area contributed by atoms with E-state index < -0.39 is 0 Å². The number of carbonyl (C=O) groups is 1. The minimum atomic E-state index is -0.160. The smallest absolute Gasteiger partial charge is 0.302 e. The van der Waals surface area contributed by atoms with Crippen molar-refractivity contribution in [2.45, 2.75) is 84.5 Å². The van der Waals surface area contributed by atoms with E-state index in [9.17, 15) is 4.79 Å². The summed E-state index contributed by atoms with van der Waals surface area (Å²) in [6, 6.07) is 0. The average molecular weight is 268 g/mol. The molecule has 0 bridgehead atoms. The number of rotatable bonds is 13. The monoisotopic (exact) mass is 268 g/mol. The van der Waals surface area contributed by atoms with Crippen LogP contribution >= 0.6 is 0 Å². The molecule has 0 saturated carbocycles. The fraction of sp³-hybridized carbons (Fsp3) is 0.824. The zero-order valence-electron chi connectivity index (χ0n) is 13.0. The molecule has 0 heterocycles. The molecule has 0 radical (unpaired) electrons. The summed E-state index contributed by atoms with van der Waals surface area (Å²) in [6.07, 6.45) is 18.6. The highest BCUT2D eigenvalue weighted by atomic mass is 16.5. The first-order valence-corrected chi connectivity index (χ1v) is 8.05. The topological polar surface area (TPSA) is 26.3 Å². The molecule has 0 aromatic heterocycles. The molecule has 0 atom stereocenters. The molecule has 0 unspecified atom stereocenters. The largest absolute Gasteiger partial charge is 0.466 e. The molecule has 0 N–H and O–H groups in total. The summed E-state index contributed by atoms with van der Waals surface area (Å²) in [5, 5.41) is 0. The summed E-state index contributed by atoms with van der Waals surface area (Å²) in [6.45, 7) is 4.30. The molecule has 0 rings (SSSR count). The zero-order valence-corrected chi connectivity index (χ0v) is 13.0. The van der Waals surface area contributed by atoms with Crippen molar-refractivity contribution in [3.63, 3.8) is 0 Å². The minimum absolute atomic E-state index is 0.160. The predicted molar refractivity (Wildman–Crippen MR) is 82.2 cm³/mol. The second-order valence-corrected chi connectivity index (χ2v) is 5.22. The summed E-state index contributed by atoms with van der Waals surface area (Å²) >= 11 is 0. The Morgan fingerprint density at radius 1 is 0.842 bits per heavy atom. The lowest BCUT2D eigenvalue weighted by molar-refractivity contribution is -0.141. The third-order valence-electron chi connectivity index (χ3n) is 3.21. The molecular weight excluding hydrogens is 236 g/mol. The number of allylic oxidation sites excluding steroid dienone is 2. The van der Waals surface area contributed by atoms with Gasteiger partial charge in [0.15, 0.2) is 0 Å². The lowest BCUT2D eigenvalue weighted by atomic mass is 10.1. The molecule has 0 aromatic carbocycles. The van der Waals surface area contributed by atoms with Gasteiger partial charge < -0.3 is 4.74 Å². The molecule has 0 aliphatic rings. The van der Waals surface area contributed by atoms with E-state index in [0.29, 0.717) is 6.61 Å². The van der Waals surface area contributed by atoms with Crippen molar-refractivity contribution in [3.05, 3.63) is 12.2 Å². The van der Waals surface area contributed by atoms with Crippen molar-refractivity contribution in [1.82, 2.24) is 0 Å². The van der Waals surface area contributed by atoms with E-state index >= 15 is 0 Å². The van der Waals surface area contributed by atoms with Crippen molar-refractivity contribution < 1.29 is 9.53 Å². The first-order valence-electron chi connectivity index (χ1n) is 8.05. The van der Waals surface area contributed by atoms with Gasteiger partial charge in [-0.1, -0.05) is 64.0 Å². The molecule has 0 aliphatic carbocycles. The fourth-order valence-electron chi connectivity index (χ4n) is 2.02. The van der Waals surface area contributed by atoms with E-state index in [0.717, 1.165) is 6.42 Å². The maximum absolute atomic E-state index is 10.5. The highest BCUT2D eigenvalue weighted by molar-refractivity contribution is 5.65. The van der Waals surface area contributed by atoms with Gasteiger partial charge in [-0.3, -0.25) is 4.79 Å². The standard InChI is InChI=1S/C17H32O2/c1-3-4-5-6-7-8-9-10-11-12-13-14-15-16-19-17(2)18/h6-7H,3-5,8-16H2,1-2H3/b7-6+. The van der Waals surface area contributed by atoms with E-state index in [2.05, 4.69) is 19.1 Å². The molecule has 2 nitrogen and oxygen atoms in total. The van der Waals surface area contributed by atoms with Crippen LogP contribution in [0.3, 0.4) is 0 Å². The van der Waals surface area contributed by atoms with Crippen LogP contribution in [-0.4, -0.2) is 12.6 Å². The van der Waals surface area contributed by atoms with Crippen LogP contribution in [0.25, 0.3) is 0 Å². The second-order valence-electron chi connectivity index (χ2n) is 5.22. The summed E-state index contributed by atoms with van der Waals surface area (Å²) < 4.78 is 4.90. The zero-order chi connectivity index (χ0) is 14.2. The summed E-state index contributed by atoms with van der Waals surface area (Å²) in [5.41, 5.74) is 0.